The van der Waals surface area contributed by atoms with Gasteiger partial charge in [0.2, 0.25) is 15.9 Å². The van der Waals surface area contributed by atoms with E-state index in [0.29, 0.717) is 23.8 Å². The third-order valence-corrected chi connectivity index (χ3v) is 5.23. The smallest absolute Gasteiger partial charge is 0.248 e. The fourth-order valence-electron chi connectivity index (χ4n) is 2.73. The van der Waals surface area contributed by atoms with Crippen LogP contribution < -0.4 is 19.9 Å². The van der Waals surface area contributed by atoms with E-state index in [1.165, 1.54) is 30.3 Å². The summed E-state index contributed by atoms with van der Waals surface area (Å²) in [7, 11) is -2.22. The highest BCUT2D eigenvalue weighted by Gasteiger charge is 2.08. The van der Waals surface area contributed by atoms with E-state index < -0.39 is 10.0 Å². The summed E-state index contributed by atoms with van der Waals surface area (Å²) in [6, 6.07) is 20.7. The van der Waals surface area contributed by atoms with Crippen LogP contribution >= 0.6 is 0 Å². The Kier molecular flexibility index (Phi) is 7.07. The van der Waals surface area contributed by atoms with Gasteiger partial charge in [-0.1, -0.05) is 36.4 Å². The van der Waals surface area contributed by atoms with E-state index in [4.69, 9.17) is 14.6 Å². The number of carbonyl (C=O) groups excluding carboxylic acids is 1. The number of methoxy groups -OCH3 is 1. The van der Waals surface area contributed by atoms with Gasteiger partial charge in [0.05, 0.1) is 12.0 Å². The first-order valence-corrected chi connectivity index (χ1v) is 10.9. The topological polar surface area (TPSA) is 108 Å². The van der Waals surface area contributed by atoms with E-state index in [1.54, 1.807) is 25.3 Å². The van der Waals surface area contributed by atoms with Crippen molar-refractivity contribution in [3.63, 3.8) is 0 Å². The molecule has 0 aromatic heterocycles. The molecule has 3 aromatic rings. The SMILES string of the molecule is COc1cc(C=CC(=O)Nc2ccc(S(N)(=O)=O)cc2)ccc1OCc1ccccc1. The van der Waals surface area contributed by atoms with E-state index in [1.807, 2.05) is 36.4 Å². The molecule has 0 heterocycles. The summed E-state index contributed by atoms with van der Waals surface area (Å²) in [4.78, 5) is 12.1. The lowest BCUT2D eigenvalue weighted by Gasteiger charge is -2.11. The van der Waals surface area contributed by atoms with E-state index >= 15 is 0 Å². The highest BCUT2D eigenvalue weighted by Crippen LogP contribution is 2.29. The standard InChI is InChI=1S/C23H22N2O5S/c1-29-22-15-17(7-13-21(22)30-16-18-5-3-2-4-6-18)8-14-23(26)25-19-9-11-20(12-10-19)31(24,27)28/h2-15H,16H2,1H3,(H,25,26)(H2,24,27,28). The van der Waals surface area contributed by atoms with Crippen molar-refractivity contribution < 1.29 is 22.7 Å². The summed E-state index contributed by atoms with van der Waals surface area (Å²) in [5.41, 5.74) is 2.25. The Labute approximate surface area is 181 Å². The van der Waals surface area contributed by atoms with Gasteiger partial charge < -0.3 is 14.8 Å². The fourth-order valence-corrected chi connectivity index (χ4v) is 3.24. The lowest BCUT2D eigenvalue weighted by molar-refractivity contribution is -0.111. The first kappa shape index (κ1) is 22.1. The van der Waals surface area contributed by atoms with Gasteiger partial charge in [0.1, 0.15) is 6.61 Å². The molecule has 8 heteroatoms. The van der Waals surface area contributed by atoms with E-state index in [0.717, 1.165) is 11.1 Å². The van der Waals surface area contributed by atoms with E-state index in [-0.39, 0.29) is 10.8 Å². The van der Waals surface area contributed by atoms with Crippen LogP contribution in [0.5, 0.6) is 11.5 Å². The summed E-state index contributed by atoms with van der Waals surface area (Å²) < 4.78 is 33.8. The van der Waals surface area contributed by atoms with Gasteiger partial charge in [0.25, 0.3) is 0 Å². The minimum Gasteiger partial charge on any atom is -0.493 e. The Morgan fingerprint density at radius 1 is 1.00 bits per heavy atom. The van der Waals surface area contributed by atoms with Crippen LogP contribution in [0.4, 0.5) is 5.69 Å². The number of ether oxygens (including phenoxy) is 2. The molecular formula is C23H22N2O5S. The second-order valence-corrected chi connectivity index (χ2v) is 8.14. The predicted octanol–water partition coefficient (Wildman–Crippen LogP) is 3.57. The zero-order chi connectivity index (χ0) is 22.3. The van der Waals surface area contributed by atoms with Crippen molar-refractivity contribution in [3.05, 3.63) is 90.0 Å². The molecule has 0 radical (unpaired) electrons. The molecule has 0 saturated heterocycles. The number of hydrogen-bond donors (Lipinski definition) is 2. The van der Waals surface area contributed by atoms with Crippen LogP contribution in [-0.2, 0) is 21.4 Å². The largest absolute Gasteiger partial charge is 0.493 e. The number of hydrogen-bond acceptors (Lipinski definition) is 5. The molecule has 0 saturated carbocycles. The number of amides is 1. The molecule has 0 fully saturated rings. The summed E-state index contributed by atoms with van der Waals surface area (Å²) in [5.74, 6) is 0.784. The Morgan fingerprint density at radius 3 is 2.35 bits per heavy atom. The van der Waals surface area contributed by atoms with Gasteiger partial charge in [-0.3, -0.25) is 4.79 Å². The predicted molar refractivity (Wildman–Crippen MR) is 119 cm³/mol. The van der Waals surface area contributed by atoms with Gasteiger partial charge in [-0.15, -0.1) is 0 Å². The Balaban J connectivity index is 1.62. The lowest BCUT2D eigenvalue weighted by atomic mass is 10.2. The molecule has 0 aliphatic carbocycles. The minimum absolute atomic E-state index is 0.0253. The van der Waals surface area contributed by atoms with Crippen LogP contribution in [0, 0.1) is 0 Å². The molecule has 3 aromatic carbocycles. The summed E-state index contributed by atoms with van der Waals surface area (Å²) in [5, 5.41) is 7.71. The van der Waals surface area contributed by atoms with Crippen LogP contribution in [0.3, 0.4) is 0 Å². The number of benzene rings is 3. The molecule has 160 valence electrons. The molecule has 0 spiro atoms. The second kappa shape index (κ2) is 9.92. The highest BCUT2D eigenvalue weighted by atomic mass is 32.2. The third kappa shape index (κ3) is 6.43. The molecular weight excluding hydrogens is 416 g/mol. The molecule has 0 atom stereocenters. The zero-order valence-corrected chi connectivity index (χ0v) is 17.6. The van der Waals surface area contributed by atoms with Crippen molar-refractivity contribution in [3.8, 4) is 11.5 Å². The van der Waals surface area contributed by atoms with Crippen molar-refractivity contribution >= 4 is 27.7 Å². The maximum atomic E-state index is 12.2. The molecule has 3 rings (SSSR count). The maximum Gasteiger partial charge on any atom is 0.248 e. The molecule has 1 amide bonds. The molecule has 31 heavy (non-hydrogen) atoms. The van der Waals surface area contributed by atoms with Crippen molar-refractivity contribution in [2.75, 3.05) is 12.4 Å². The summed E-state index contributed by atoms with van der Waals surface area (Å²) in [6.45, 7) is 0.416. The Bertz CT molecular complexity index is 1170. The fraction of sp³-hybridized carbons (Fsp3) is 0.0870. The number of sulfonamides is 1. The quantitative estimate of drug-likeness (QED) is 0.523. The van der Waals surface area contributed by atoms with Gasteiger partial charge in [0.15, 0.2) is 11.5 Å². The van der Waals surface area contributed by atoms with E-state index in [2.05, 4.69) is 5.32 Å². The van der Waals surface area contributed by atoms with Crippen LogP contribution in [0.1, 0.15) is 11.1 Å². The van der Waals surface area contributed by atoms with Crippen molar-refractivity contribution in [2.24, 2.45) is 5.14 Å². The molecule has 3 N–H and O–H groups in total. The van der Waals surface area contributed by atoms with Gasteiger partial charge in [-0.25, -0.2) is 13.6 Å². The number of primary sulfonamides is 1. The van der Waals surface area contributed by atoms with Gasteiger partial charge in [-0.2, -0.15) is 0 Å². The third-order valence-electron chi connectivity index (χ3n) is 4.30. The monoisotopic (exact) mass is 438 g/mol. The van der Waals surface area contributed by atoms with Crippen LogP contribution in [0.25, 0.3) is 6.08 Å². The van der Waals surface area contributed by atoms with Crippen LogP contribution in [0.15, 0.2) is 83.8 Å². The number of anilines is 1. The molecule has 7 nitrogen and oxygen atoms in total. The summed E-state index contributed by atoms with van der Waals surface area (Å²) in [6.07, 6.45) is 3.00. The summed E-state index contributed by atoms with van der Waals surface area (Å²) >= 11 is 0. The Hall–Kier alpha value is -3.62. The Morgan fingerprint density at radius 2 is 1.71 bits per heavy atom. The van der Waals surface area contributed by atoms with Crippen molar-refractivity contribution in [1.82, 2.24) is 0 Å². The first-order valence-electron chi connectivity index (χ1n) is 9.32. The second-order valence-electron chi connectivity index (χ2n) is 6.58. The first-order chi connectivity index (χ1) is 14.8. The molecule has 0 aliphatic rings. The average molecular weight is 439 g/mol. The van der Waals surface area contributed by atoms with Crippen molar-refractivity contribution in [1.29, 1.82) is 0 Å². The number of carbonyl (C=O) groups is 1. The number of nitrogens with two attached hydrogens (primary N) is 1. The van der Waals surface area contributed by atoms with Crippen LogP contribution in [-0.4, -0.2) is 21.4 Å². The highest BCUT2D eigenvalue weighted by molar-refractivity contribution is 7.89. The molecule has 0 unspecified atom stereocenters. The van der Waals surface area contributed by atoms with Crippen LogP contribution in [0.2, 0.25) is 0 Å². The minimum atomic E-state index is -3.77. The maximum absolute atomic E-state index is 12.2. The lowest BCUT2D eigenvalue weighted by Crippen LogP contribution is -2.12. The molecule has 0 bridgehead atoms. The van der Waals surface area contributed by atoms with Gasteiger partial charge in [-0.05, 0) is 53.6 Å². The van der Waals surface area contributed by atoms with Crippen molar-refractivity contribution in [2.45, 2.75) is 11.5 Å². The van der Waals surface area contributed by atoms with Gasteiger partial charge >= 0.3 is 0 Å². The van der Waals surface area contributed by atoms with E-state index in [9.17, 15) is 13.2 Å². The molecule has 0 aliphatic heterocycles. The van der Waals surface area contributed by atoms with Gasteiger partial charge in [0, 0.05) is 11.8 Å². The normalized spacial score (nSPS) is 11.3. The average Bonchev–Trinajstić information content (AvgIpc) is 2.77. The zero-order valence-electron chi connectivity index (χ0n) is 16.8. The number of nitrogens with one attached hydrogen (secondary N) is 1. The number of rotatable bonds is 8.